The lowest BCUT2D eigenvalue weighted by atomic mass is 10.1. The van der Waals surface area contributed by atoms with E-state index in [9.17, 15) is 27.9 Å². The van der Waals surface area contributed by atoms with Crippen LogP contribution in [-0.4, -0.2) is 24.7 Å². The number of hydrogen-bond acceptors (Lipinski definition) is 5. The summed E-state index contributed by atoms with van der Waals surface area (Å²) in [5, 5.41) is 12.9. The van der Waals surface area contributed by atoms with Gasteiger partial charge in [-0.1, -0.05) is 24.3 Å². The van der Waals surface area contributed by atoms with Gasteiger partial charge in [-0.15, -0.1) is 0 Å². The highest BCUT2D eigenvalue weighted by Gasteiger charge is 2.30. The maximum atomic E-state index is 12.6. The number of aliphatic hydroxyl groups is 1. The number of para-hydroxylation sites is 1. The first kappa shape index (κ1) is 20.4. The molecule has 0 aliphatic carbocycles. The molecule has 1 unspecified atom stereocenters. The topological polar surface area (TPSA) is 88.8 Å². The summed E-state index contributed by atoms with van der Waals surface area (Å²) in [6, 6.07) is 10.2. The van der Waals surface area contributed by atoms with E-state index in [0.717, 1.165) is 24.3 Å². The molecular formula is C20H16F3NO5. The first-order valence-electron chi connectivity index (χ1n) is 8.45. The van der Waals surface area contributed by atoms with E-state index in [1.165, 1.54) is 13.2 Å². The predicted molar refractivity (Wildman–Crippen MR) is 97.8 cm³/mol. The monoisotopic (exact) mass is 407 g/mol. The van der Waals surface area contributed by atoms with Crippen LogP contribution >= 0.6 is 0 Å². The highest BCUT2D eigenvalue weighted by Crippen LogP contribution is 2.30. The number of fused-ring (bicyclic) bond motifs is 1. The summed E-state index contributed by atoms with van der Waals surface area (Å²) in [6.45, 7) is -0.306. The Morgan fingerprint density at radius 1 is 1.21 bits per heavy atom. The molecule has 29 heavy (non-hydrogen) atoms. The van der Waals surface area contributed by atoms with Crippen LogP contribution in [0, 0.1) is 0 Å². The van der Waals surface area contributed by atoms with Crippen LogP contribution in [0.4, 0.5) is 13.2 Å². The normalized spacial score (nSPS) is 12.6. The van der Waals surface area contributed by atoms with Crippen molar-refractivity contribution in [3.8, 4) is 5.75 Å². The second-order valence-corrected chi connectivity index (χ2v) is 6.17. The fraction of sp³-hybridized carbons (Fsp3) is 0.200. The zero-order valence-corrected chi connectivity index (χ0v) is 15.1. The van der Waals surface area contributed by atoms with Gasteiger partial charge in [0.15, 0.2) is 11.3 Å². The van der Waals surface area contributed by atoms with Gasteiger partial charge < -0.3 is 19.6 Å². The minimum absolute atomic E-state index is 0.189. The molecule has 152 valence electrons. The fourth-order valence-electron chi connectivity index (χ4n) is 2.73. The summed E-state index contributed by atoms with van der Waals surface area (Å²) >= 11 is 0. The number of carbonyl (C=O) groups excluding carboxylic acids is 1. The summed E-state index contributed by atoms with van der Waals surface area (Å²) in [5.41, 5.74) is -1.62. The average molecular weight is 407 g/mol. The molecule has 0 spiro atoms. The van der Waals surface area contributed by atoms with Crippen molar-refractivity contribution in [2.24, 2.45) is 0 Å². The number of benzene rings is 2. The Bertz CT molecular complexity index is 1090. The van der Waals surface area contributed by atoms with Crippen molar-refractivity contribution in [2.75, 3.05) is 13.7 Å². The van der Waals surface area contributed by atoms with Gasteiger partial charge in [0.25, 0.3) is 5.91 Å². The first-order valence-corrected chi connectivity index (χ1v) is 8.45. The molecule has 0 saturated heterocycles. The molecule has 9 heteroatoms. The fourth-order valence-corrected chi connectivity index (χ4v) is 2.73. The molecule has 2 aromatic carbocycles. The van der Waals surface area contributed by atoms with Gasteiger partial charge in [0.2, 0.25) is 0 Å². The number of amides is 1. The number of alkyl halides is 3. The Morgan fingerprint density at radius 3 is 2.52 bits per heavy atom. The summed E-state index contributed by atoms with van der Waals surface area (Å²) < 4.78 is 48.0. The summed E-state index contributed by atoms with van der Waals surface area (Å²) in [5.74, 6) is -0.446. The quantitative estimate of drug-likeness (QED) is 0.634. The van der Waals surface area contributed by atoms with Gasteiger partial charge in [0, 0.05) is 11.9 Å². The zero-order valence-electron chi connectivity index (χ0n) is 15.1. The van der Waals surface area contributed by atoms with Gasteiger partial charge in [-0.3, -0.25) is 4.79 Å². The lowest BCUT2D eigenvalue weighted by molar-refractivity contribution is -0.137. The molecule has 1 atom stereocenters. The van der Waals surface area contributed by atoms with Gasteiger partial charge in [-0.25, -0.2) is 4.79 Å². The summed E-state index contributed by atoms with van der Waals surface area (Å²) in [7, 11) is 1.41. The highest BCUT2D eigenvalue weighted by molar-refractivity contribution is 5.97. The van der Waals surface area contributed by atoms with E-state index in [-0.39, 0.29) is 23.3 Å². The van der Waals surface area contributed by atoms with E-state index in [4.69, 9.17) is 9.15 Å². The van der Waals surface area contributed by atoms with Crippen molar-refractivity contribution in [3.63, 3.8) is 0 Å². The van der Waals surface area contributed by atoms with E-state index < -0.39 is 29.4 Å². The average Bonchev–Trinajstić information content (AvgIpc) is 2.70. The number of hydrogen-bond donors (Lipinski definition) is 2. The third-order valence-corrected chi connectivity index (χ3v) is 4.27. The molecule has 3 aromatic rings. The van der Waals surface area contributed by atoms with Crippen molar-refractivity contribution in [1.82, 2.24) is 5.32 Å². The Kier molecular flexibility index (Phi) is 5.60. The van der Waals surface area contributed by atoms with Crippen LogP contribution in [0.25, 0.3) is 11.0 Å². The lowest BCUT2D eigenvalue weighted by Gasteiger charge is -2.13. The van der Waals surface area contributed by atoms with Gasteiger partial charge in [-0.05, 0) is 29.8 Å². The minimum atomic E-state index is -4.48. The molecule has 1 heterocycles. The van der Waals surface area contributed by atoms with Crippen LogP contribution in [0.2, 0.25) is 0 Å². The zero-order chi connectivity index (χ0) is 21.2. The third-order valence-electron chi connectivity index (χ3n) is 4.27. The second kappa shape index (κ2) is 7.96. The van der Waals surface area contributed by atoms with Gasteiger partial charge in [-0.2, -0.15) is 13.2 Å². The second-order valence-electron chi connectivity index (χ2n) is 6.17. The summed E-state index contributed by atoms with van der Waals surface area (Å²) in [6.07, 6.45) is -5.74. The van der Waals surface area contributed by atoms with E-state index in [1.54, 1.807) is 18.2 Å². The SMILES string of the molecule is COc1cccc2cc(C(=O)NCC(O)c3ccc(C(F)(F)F)cc3)c(=O)oc12. The Labute approximate surface area is 162 Å². The van der Waals surface area contributed by atoms with E-state index in [1.807, 2.05) is 0 Å². The number of aliphatic hydroxyl groups excluding tert-OH is 1. The minimum Gasteiger partial charge on any atom is -0.493 e. The van der Waals surface area contributed by atoms with Crippen molar-refractivity contribution >= 4 is 16.9 Å². The maximum Gasteiger partial charge on any atom is 0.416 e. The van der Waals surface area contributed by atoms with E-state index >= 15 is 0 Å². The Morgan fingerprint density at radius 2 is 1.90 bits per heavy atom. The standard InChI is InChI=1S/C20H16F3NO5/c1-28-16-4-2-3-12-9-14(19(27)29-17(12)16)18(26)24-10-15(25)11-5-7-13(8-6-11)20(21,22)23/h2-9,15,25H,10H2,1H3,(H,24,26). The van der Waals surface area contributed by atoms with Crippen LogP contribution in [0.3, 0.4) is 0 Å². The van der Waals surface area contributed by atoms with Crippen LogP contribution in [-0.2, 0) is 6.18 Å². The number of methoxy groups -OCH3 is 1. The molecule has 0 aliphatic rings. The molecule has 0 bridgehead atoms. The highest BCUT2D eigenvalue weighted by atomic mass is 19.4. The lowest BCUT2D eigenvalue weighted by Crippen LogP contribution is -2.31. The third kappa shape index (κ3) is 4.40. The molecule has 3 rings (SSSR count). The number of rotatable bonds is 5. The van der Waals surface area contributed by atoms with Crippen LogP contribution < -0.4 is 15.7 Å². The van der Waals surface area contributed by atoms with Crippen molar-refractivity contribution in [3.05, 3.63) is 75.6 Å². The first-order chi connectivity index (χ1) is 13.7. The molecular weight excluding hydrogens is 391 g/mol. The molecule has 0 aliphatic heterocycles. The van der Waals surface area contributed by atoms with Crippen LogP contribution in [0.1, 0.15) is 27.6 Å². The largest absolute Gasteiger partial charge is 0.493 e. The van der Waals surface area contributed by atoms with Crippen molar-refractivity contribution in [1.29, 1.82) is 0 Å². The van der Waals surface area contributed by atoms with Crippen molar-refractivity contribution < 1.29 is 32.2 Å². The smallest absolute Gasteiger partial charge is 0.416 e. The number of halogens is 3. The molecule has 0 radical (unpaired) electrons. The van der Waals surface area contributed by atoms with Crippen molar-refractivity contribution in [2.45, 2.75) is 12.3 Å². The number of nitrogens with one attached hydrogen (secondary N) is 1. The summed E-state index contributed by atoms with van der Waals surface area (Å²) in [4.78, 5) is 24.5. The molecule has 1 aromatic heterocycles. The van der Waals surface area contributed by atoms with Gasteiger partial charge in [0.1, 0.15) is 5.56 Å². The molecule has 0 fully saturated rings. The predicted octanol–water partition coefficient (Wildman–Crippen LogP) is 3.28. The van der Waals surface area contributed by atoms with Crippen LogP contribution in [0.15, 0.2) is 57.7 Å². The Hall–Kier alpha value is -3.33. The molecule has 1 amide bonds. The van der Waals surface area contributed by atoms with Gasteiger partial charge >= 0.3 is 11.8 Å². The number of ether oxygens (including phenoxy) is 1. The maximum absolute atomic E-state index is 12.6. The van der Waals surface area contributed by atoms with Gasteiger partial charge in [0.05, 0.1) is 18.8 Å². The number of carbonyl (C=O) groups is 1. The van der Waals surface area contributed by atoms with Crippen LogP contribution in [0.5, 0.6) is 5.75 Å². The van der Waals surface area contributed by atoms with E-state index in [0.29, 0.717) is 11.1 Å². The Balaban J connectivity index is 1.73. The molecule has 2 N–H and O–H groups in total. The molecule has 0 saturated carbocycles. The van der Waals surface area contributed by atoms with E-state index in [2.05, 4.69) is 5.32 Å². The molecule has 6 nitrogen and oxygen atoms in total.